The van der Waals surface area contributed by atoms with Crippen molar-refractivity contribution in [2.24, 2.45) is 0 Å². The molecule has 0 fully saturated rings. The summed E-state index contributed by atoms with van der Waals surface area (Å²) in [7, 11) is 0. The number of hydrogen-bond acceptors (Lipinski definition) is 0. The van der Waals surface area contributed by atoms with E-state index in [2.05, 4.69) is 0 Å². The summed E-state index contributed by atoms with van der Waals surface area (Å²) in [6.07, 6.45) is 0. The van der Waals surface area contributed by atoms with Crippen LogP contribution in [0.15, 0.2) is 0 Å². The van der Waals surface area contributed by atoms with Gasteiger partial charge in [-0.2, -0.15) is 0 Å². The molecule has 0 unspecified atom stereocenters. The van der Waals surface area contributed by atoms with Gasteiger partial charge in [-0.25, -0.2) is 0 Å². The van der Waals surface area contributed by atoms with Crippen LogP contribution >= 0.6 is 0 Å². The van der Waals surface area contributed by atoms with Gasteiger partial charge in [0, 0.05) is 76.5 Å². The molecule has 0 aliphatic carbocycles. The third-order valence-corrected chi connectivity index (χ3v) is 0. The normalized spacial score (nSPS) is 0. The van der Waals surface area contributed by atoms with Crippen molar-refractivity contribution >= 4 is 111 Å². The zero-order valence-corrected chi connectivity index (χ0v) is 16.5. The van der Waals surface area contributed by atoms with Crippen molar-refractivity contribution in [3.63, 3.8) is 0 Å². The molecular formula is Al2O3Pb2Si2. The van der Waals surface area contributed by atoms with Crippen LogP contribution in [0.3, 0.4) is 0 Å². The van der Waals surface area contributed by atoms with Crippen molar-refractivity contribution in [3.8, 4) is 0 Å². The Hall–Kier alpha value is 3.22. The third-order valence-electron chi connectivity index (χ3n) is 0. The fourth-order valence-corrected chi connectivity index (χ4v) is 0. The van der Waals surface area contributed by atoms with Crippen molar-refractivity contribution in [3.05, 3.63) is 0 Å². The molecule has 16 radical (unpaired) electrons. The van der Waals surface area contributed by atoms with Gasteiger partial charge in [0.05, 0.1) is 0 Å². The quantitative estimate of drug-likeness (QED) is 0.285. The first-order valence-corrected chi connectivity index (χ1v) is 0. The minimum atomic E-state index is 0. The van der Waals surface area contributed by atoms with Gasteiger partial charge >= 0.3 is 34.7 Å². The molecule has 0 saturated heterocycles. The topological polar surface area (TPSA) is 85.5 Å². The van der Waals surface area contributed by atoms with E-state index in [1.54, 1.807) is 0 Å². The SMILES string of the molecule is [Al+3].[Al+3].[O-2].[O-2].[O-2].[Pb].[Pb].[Si].[Si]. The maximum atomic E-state index is 0. The maximum Gasteiger partial charge on any atom is 3.00 e. The molecule has 9 heavy (non-hydrogen) atoms. The van der Waals surface area contributed by atoms with Crippen molar-refractivity contribution in [2.45, 2.75) is 0 Å². The second kappa shape index (κ2) is 113. The summed E-state index contributed by atoms with van der Waals surface area (Å²) in [5, 5.41) is 0. The molecular weight excluding hydrogens is 573 g/mol. The van der Waals surface area contributed by atoms with E-state index >= 15 is 0 Å². The van der Waals surface area contributed by atoms with Crippen LogP contribution in [-0.4, -0.2) is 111 Å². The largest absolute Gasteiger partial charge is 3.00 e. The van der Waals surface area contributed by atoms with E-state index in [1.165, 1.54) is 0 Å². The Kier molecular flexibility index (Phi) is 1860. The van der Waals surface area contributed by atoms with Crippen LogP contribution in [0.4, 0.5) is 0 Å². The molecule has 40 valence electrons. The standard InChI is InChI=1S/2Al.3O.2Pb.2Si/q2*+3;3*-2;;;;. The molecule has 0 aromatic heterocycles. The molecule has 0 aliphatic heterocycles. The minimum Gasteiger partial charge on any atom is -2.00 e. The zero-order valence-electron chi connectivity index (χ0n) is 4.38. The van der Waals surface area contributed by atoms with E-state index < -0.39 is 0 Å². The van der Waals surface area contributed by atoms with Gasteiger partial charge in [0.15, 0.2) is 0 Å². The van der Waals surface area contributed by atoms with Crippen molar-refractivity contribution in [1.82, 2.24) is 0 Å². The van der Waals surface area contributed by atoms with E-state index in [4.69, 9.17) is 0 Å². The van der Waals surface area contributed by atoms with Gasteiger partial charge in [-0.3, -0.25) is 0 Å². The molecule has 0 bridgehead atoms. The molecule has 9 heteroatoms. The van der Waals surface area contributed by atoms with Crippen LogP contribution in [0.2, 0.25) is 0 Å². The Labute approximate surface area is 126 Å². The fourth-order valence-electron chi connectivity index (χ4n) is 0. The molecule has 0 aliphatic rings. The number of rotatable bonds is 0. The van der Waals surface area contributed by atoms with Crippen LogP contribution < -0.4 is 0 Å². The molecule has 0 atom stereocenters. The van der Waals surface area contributed by atoms with Gasteiger partial charge < -0.3 is 16.4 Å². The van der Waals surface area contributed by atoms with Crippen LogP contribution in [0.1, 0.15) is 0 Å². The monoisotopic (exact) mass is 574 g/mol. The predicted octanol–water partition coefficient (Wildman–Crippen LogP) is -2.64. The molecule has 0 saturated carbocycles. The molecule has 0 aromatic rings. The Morgan fingerprint density at radius 2 is 0.444 bits per heavy atom. The molecule has 0 rings (SSSR count). The summed E-state index contributed by atoms with van der Waals surface area (Å²) in [5.74, 6) is 0. The first-order valence-electron chi connectivity index (χ1n) is 0. The average molecular weight is 573 g/mol. The second-order valence-electron chi connectivity index (χ2n) is 0. The van der Waals surface area contributed by atoms with E-state index in [9.17, 15) is 0 Å². The van der Waals surface area contributed by atoms with E-state index in [1.807, 2.05) is 0 Å². The smallest absolute Gasteiger partial charge is 2.00 e. The Morgan fingerprint density at radius 3 is 0.444 bits per heavy atom. The Balaban J connectivity index is 0. The molecule has 0 heterocycles. The molecule has 0 amide bonds. The second-order valence-corrected chi connectivity index (χ2v) is 0. The summed E-state index contributed by atoms with van der Waals surface area (Å²) in [6.45, 7) is 0. The minimum absolute atomic E-state index is 0. The van der Waals surface area contributed by atoms with Crippen LogP contribution in [0, 0.1) is 0 Å². The van der Waals surface area contributed by atoms with Crippen molar-refractivity contribution < 1.29 is 16.4 Å². The molecule has 0 aromatic carbocycles. The summed E-state index contributed by atoms with van der Waals surface area (Å²) in [6, 6.07) is 0. The Morgan fingerprint density at radius 1 is 0.444 bits per heavy atom. The van der Waals surface area contributed by atoms with Crippen LogP contribution in [0.5, 0.6) is 0 Å². The maximum absolute atomic E-state index is 0. The van der Waals surface area contributed by atoms with Gasteiger partial charge in [0.1, 0.15) is 0 Å². The molecule has 0 N–H and O–H groups in total. The van der Waals surface area contributed by atoms with Crippen LogP contribution in [0.25, 0.3) is 0 Å². The first-order chi connectivity index (χ1) is 0. The van der Waals surface area contributed by atoms with Crippen molar-refractivity contribution in [2.75, 3.05) is 0 Å². The van der Waals surface area contributed by atoms with Gasteiger partial charge in [-0.1, -0.05) is 0 Å². The third kappa shape index (κ3) is 91.9. The number of hydrogen-bond donors (Lipinski definition) is 0. The zero-order chi connectivity index (χ0) is 0. The van der Waals surface area contributed by atoms with Gasteiger partial charge in [-0.05, 0) is 0 Å². The van der Waals surface area contributed by atoms with Gasteiger partial charge in [0.25, 0.3) is 0 Å². The van der Waals surface area contributed by atoms with Gasteiger partial charge in [-0.15, -0.1) is 0 Å². The predicted molar refractivity (Wildman–Crippen MR) is 36.6 cm³/mol. The van der Waals surface area contributed by atoms with Crippen LogP contribution in [-0.2, 0) is 16.4 Å². The summed E-state index contributed by atoms with van der Waals surface area (Å²) in [4.78, 5) is 0. The van der Waals surface area contributed by atoms with E-state index in [0.29, 0.717) is 0 Å². The first kappa shape index (κ1) is 148. The van der Waals surface area contributed by atoms with E-state index in [0.717, 1.165) is 0 Å². The molecule has 0 spiro atoms. The fraction of sp³-hybridized carbons (Fsp3) is 0. The summed E-state index contributed by atoms with van der Waals surface area (Å²) in [5.41, 5.74) is 0. The Bertz CT molecular complexity index is 17.8. The molecule has 3 nitrogen and oxygen atoms in total. The van der Waals surface area contributed by atoms with E-state index in [-0.39, 0.29) is 128 Å². The average Bonchev–Trinajstić information content (AvgIpc) is 0. The van der Waals surface area contributed by atoms with Gasteiger partial charge in [0.2, 0.25) is 0 Å². The summed E-state index contributed by atoms with van der Waals surface area (Å²) < 4.78 is 0. The summed E-state index contributed by atoms with van der Waals surface area (Å²) >= 11 is 0. The van der Waals surface area contributed by atoms with Crippen molar-refractivity contribution in [1.29, 1.82) is 0 Å².